The number of hydrogen-bond acceptors (Lipinski definition) is 5. The van der Waals surface area contributed by atoms with Crippen LogP contribution < -0.4 is 0 Å². The zero-order valence-electron chi connectivity index (χ0n) is 8.57. The molecule has 90 valence electrons. The summed E-state index contributed by atoms with van der Waals surface area (Å²) in [4.78, 5) is 31.5. The second-order valence-electron chi connectivity index (χ2n) is 3.29. The number of aliphatic hydroxyl groups excluding tert-OH is 1. The molecule has 0 heterocycles. The molecule has 2 N–H and O–H groups in total. The number of aliphatic carboxylic acids is 1. The summed E-state index contributed by atoms with van der Waals surface area (Å²) in [7, 11) is 0. The van der Waals surface area contributed by atoms with Crippen LogP contribution in [-0.2, 0) is 4.79 Å². The van der Waals surface area contributed by atoms with Crippen molar-refractivity contribution in [3.8, 4) is 0 Å². The van der Waals surface area contributed by atoms with Gasteiger partial charge in [0.1, 0.15) is 0 Å². The van der Waals surface area contributed by atoms with Crippen molar-refractivity contribution in [1.29, 1.82) is 0 Å². The van der Waals surface area contributed by atoms with Gasteiger partial charge in [0.25, 0.3) is 5.69 Å². The van der Waals surface area contributed by atoms with Crippen LogP contribution in [0.4, 0.5) is 5.69 Å². The third-order valence-corrected chi connectivity index (χ3v) is 2.06. The van der Waals surface area contributed by atoms with Gasteiger partial charge in [-0.2, -0.15) is 0 Å². The first-order chi connectivity index (χ1) is 7.91. The molecular formula is C10H9NO6. The Labute approximate surface area is 95.5 Å². The number of carbonyl (C=O) groups is 2. The molecule has 17 heavy (non-hydrogen) atoms. The van der Waals surface area contributed by atoms with Crippen molar-refractivity contribution in [1.82, 2.24) is 0 Å². The standard InChI is InChI=1S/C10H9NO6/c12-8(5-9(13)10(14)15)6-1-3-7(4-2-6)11(16)17/h1-4,9,13H,5H2,(H,14,15)/t9-/m1/s1. The smallest absolute Gasteiger partial charge is 0.332 e. The van der Waals surface area contributed by atoms with E-state index >= 15 is 0 Å². The normalized spacial score (nSPS) is 11.8. The Hall–Kier alpha value is -2.28. The number of rotatable bonds is 5. The maximum atomic E-state index is 11.4. The van der Waals surface area contributed by atoms with E-state index in [-0.39, 0.29) is 11.3 Å². The lowest BCUT2D eigenvalue weighted by atomic mass is 10.1. The van der Waals surface area contributed by atoms with E-state index < -0.39 is 29.2 Å². The van der Waals surface area contributed by atoms with Crippen molar-refractivity contribution in [3.63, 3.8) is 0 Å². The van der Waals surface area contributed by atoms with Gasteiger partial charge in [0.05, 0.1) is 4.92 Å². The third kappa shape index (κ3) is 3.35. The largest absolute Gasteiger partial charge is 0.479 e. The fourth-order valence-corrected chi connectivity index (χ4v) is 1.15. The highest BCUT2D eigenvalue weighted by Crippen LogP contribution is 2.13. The van der Waals surface area contributed by atoms with Gasteiger partial charge < -0.3 is 10.2 Å². The van der Waals surface area contributed by atoms with Crippen molar-refractivity contribution < 1.29 is 24.7 Å². The van der Waals surface area contributed by atoms with Crippen LogP contribution in [0.5, 0.6) is 0 Å². The van der Waals surface area contributed by atoms with E-state index in [1.165, 1.54) is 12.1 Å². The van der Waals surface area contributed by atoms with E-state index in [1.807, 2.05) is 0 Å². The number of nitro benzene ring substituents is 1. The summed E-state index contributed by atoms with van der Waals surface area (Å²) in [6.07, 6.45) is -2.33. The lowest BCUT2D eigenvalue weighted by Gasteiger charge is -2.04. The first kappa shape index (κ1) is 12.8. The van der Waals surface area contributed by atoms with E-state index in [2.05, 4.69) is 0 Å². The number of non-ortho nitro benzene ring substituents is 1. The average Bonchev–Trinajstić information content (AvgIpc) is 2.28. The minimum Gasteiger partial charge on any atom is -0.479 e. The van der Waals surface area contributed by atoms with Crippen LogP contribution in [0.2, 0.25) is 0 Å². The third-order valence-electron chi connectivity index (χ3n) is 2.06. The summed E-state index contributed by atoms with van der Waals surface area (Å²) in [5, 5.41) is 27.7. The molecule has 0 aliphatic carbocycles. The minimum atomic E-state index is -1.77. The number of nitrogens with zero attached hydrogens (tertiary/aromatic N) is 1. The molecular weight excluding hydrogens is 230 g/mol. The molecule has 0 amide bonds. The molecule has 1 rings (SSSR count). The van der Waals surface area contributed by atoms with Crippen LogP contribution in [-0.4, -0.2) is 33.0 Å². The number of nitro groups is 1. The monoisotopic (exact) mass is 239 g/mol. The molecule has 1 aromatic carbocycles. The summed E-state index contributed by atoms with van der Waals surface area (Å²) in [5.41, 5.74) is -0.0452. The maximum absolute atomic E-state index is 11.4. The van der Waals surface area contributed by atoms with Gasteiger partial charge in [0.15, 0.2) is 11.9 Å². The number of benzene rings is 1. The van der Waals surface area contributed by atoms with Gasteiger partial charge >= 0.3 is 5.97 Å². The Balaban J connectivity index is 2.77. The Morgan fingerprint density at radius 2 is 1.82 bits per heavy atom. The molecule has 0 spiro atoms. The number of carboxylic acid groups (broad SMARTS) is 1. The second-order valence-corrected chi connectivity index (χ2v) is 3.29. The molecule has 0 saturated carbocycles. The molecule has 7 nitrogen and oxygen atoms in total. The summed E-state index contributed by atoms with van der Waals surface area (Å²) < 4.78 is 0. The fraction of sp³-hybridized carbons (Fsp3) is 0.200. The predicted octanol–water partition coefficient (Wildman–Crippen LogP) is 0.613. The summed E-state index contributed by atoms with van der Waals surface area (Å²) >= 11 is 0. The van der Waals surface area contributed by atoms with Crippen LogP contribution in [0.3, 0.4) is 0 Å². The number of Topliss-reactive ketones (excluding diaryl/α,β-unsaturated/α-hetero) is 1. The van der Waals surface area contributed by atoms with Crippen molar-refractivity contribution in [2.45, 2.75) is 12.5 Å². The maximum Gasteiger partial charge on any atom is 0.332 e. The Kier molecular flexibility index (Phi) is 3.89. The molecule has 0 unspecified atom stereocenters. The number of hydrogen-bond donors (Lipinski definition) is 2. The second kappa shape index (κ2) is 5.17. The molecule has 1 aromatic rings. The highest BCUT2D eigenvalue weighted by atomic mass is 16.6. The molecule has 0 fully saturated rings. The van der Waals surface area contributed by atoms with Crippen LogP contribution in [0.15, 0.2) is 24.3 Å². The topological polar surface area (TPSA) is 118 Å². The molecule has 0 aliphatic rings. The van der Waals surface area contributed by atoms with Gasteiger partial charge in [0.2, 0.25) is 0 Å². The van der Waals surface area contributed by atoms with E-state index in [0.717, 1.165) is 12.1 Å². The van der Waals surface area contributed by atoms with Crippen LogP contribution in [0.1, 0.15) is 16.8 Å². The van der Waals surface area contributed by atoms with E-state index in [9.17, 15) is 19.7 Å². The van der Waals surface area contributed by atoms with Crippen molar-refractivity contribution in [3.05, 3.63) is 39.9 Å². The van der Waals surface area contributed by atoms with Crippen LogP contribution >= 0.6 is 0 Å². The van der Waals surface area contributed by atoms with E-state index in [1.54, 1.807) is 0 Å². The van der Waals surface area contributed by atoms with E-state index in [4.69, 9.17) is 10.2 Å². The van der Waals surface area contributed by atoms with Gasteiger partial charge in [-0.15, -0.1) is 0 Å². The van der Waals surface area contributed by atoms with Crippen molar-refractivity contribution in [2.24, 2.45) is 0 Å². The number of carbonyl (C=O) groups excluding carboxylic acids is 1. The quantitative estimate of drug-likeness (QED) is 0.441. The van der Waals surface area contributed by atoms with Gasteiger partial charge in [-0.1, -0.05) is 0 Å². The molecule has 0 saturated heterocycles. The van der Waals surface area contributed by atoms with Crippen LogP contribution in [0, 0.1) is 10.1 Å². The summed E-state index contributed by atoms with van der Waals surface area (Å²) in [6, 6.07) is 4.71. The van der Waals surface area contributed by atoms with E-state index in [0.29, 0.717) is 0 Å². The minimum absolute atomic E-state index is 0.121. The first-order valence-corrected chi connectivity index (χ1v) is 4.60. The number of aliphatic hydroxyl groups is 1. The lowest BCUT2D eigenvalue weighted by Crippen LogP contribution is -2.23. The van der Waals surface area contributed by atoms with Gasteiger partial charge in [-0.3, -0.25) is 14.9 Å². The zero-order chi connectivity index (χ0) is 13.0. The average molecular weight is 239 g/mol. The van der Waals surface area contributed by atoms with Crippen molar-refractivity contribution in [2.75, 3.05) is 0 Å². The Bertz CT molecular complexity index is 452. The van der Waals surface area contributed by atoms with Gasteiger partial charge in [-0.05, 0) is 12.1 Å². The highest BCUT2D eigenvalue weighted by Gasteiger charge is 2.19. The Morgan fingerprint density at radius 1 is 1.29 bits per heavy atom. The molecule has 1 atom stereocenters. The van der Waals surface area contributed by atoms with Gasteiger partial charge in [-0.25, -0.2) is 4.79 Å². The van der Waals surface area contributed by atoms with Crippen molar-refractivity contribution >= 4 is 17.4 Å². The summed E-state index contributed by atoms with van der Waals surface area (Å²) in [6.45, 7) is 0. The molecule has 0 radical (unpaired) electrons. The molecule has 7 heteroatoms. The molecule has 0 aliphatic heterocycles. The SMILES string of the molecule is O=C(C[C@@H](O)C(=O)O)c1ccc([N+](=O)[O-])cc1. The van der Waals surface area contributed by atoms with Gasteiger partial charge in [0, 0.05) is 24.1 Å². The lowest BCUT2D eigenvalue weighted by molar-refractivity contribution is -0.384. The molecule has 0 aromatic heterocycles. The number of carboxylic acids is 1. The first-order valence-electron chi connectivity index (χ1n) is 4.60. The Morgan fingerprint density at radius 3 is 2.24 bits per heavy atom. The number of ketones is 1. The fourth-order valence-electron chi connectivity index (χ4n) is 1.15. The summed E-state index contributed by atoms with van der Waals surface area (Å²) in [5.74, 6) is -2.07. The highest BCUT2D eigenvalue weighted by molar-refractivity contribution is 5.98. The zero-order valence-corrected chi connectivity index (χ0v) is 8.57. The van der Waals surface area contributed by atoms with Crippen LogP contribution in [0.25, 0.3) is 0 Å². The predicted molar refractivity (Wildman–Crippen MR) is 55.7 cm³/mol. The molecule has 0 bridgehead atoms.